The lowest BCUT2D eigenvalue weighted by Gasteiger charge is -2.31. The monoisotopic (exact) mass is 438 g/mol. The van der Waals surface area contributed by atoms with Crippen molar-refractivity contribution >= 4 is 11.6 Å². The Balaban J connectivity index is 1.30. The molecule has 3 heterocycles. The molecule has 0 saturated carbocycles. The first-order valence-electron chi connectivity index (χ1n) is 10.8. The topological polar surface area (TPSA) is 86.4 Å². The number of rotatable bonds is 8. The number of nitrogens with one attached hydrogen (secondary N) is 1. The van der Waals surface area contributed by atoms with Crippen LogP contribution in [0.2, 0.25) is 0 Å². The van der Waals surface area contributed by atoms with Crippen molar-refractivity contribution < 1.29 is 14.3 Å². The lowest BCUT2D eigenvalue weighted by molar-refractivity contribution is -0.119. The molecule has 1 saturated heterocycles. The lowest BCUT2D eigenvalue weighted by Crippen LogP contribution is -2.42. The summed E-state index contributed by atoms with van der Waals surface area (Å²) in [6, 6.07) is 11.9. The molecule has 0 spiro atoms. The Morgan fingerprint density at radius 2 is 2.06 bits per heavy atom. The molecule has 170 valence electrons. The molecular formula is C23H30N6O3. The fourth-order valence-corrected chi connectivity index (χ4v) is 3.75. The fraction of sp³-hybridized carbons (Fsp3) is 0.435. The molecule has 9 nitrogen and oxygen atoms in total. The van der Waals surface area contributed by atoms with E-state index < -0.39 is 0 Å². The third kappa shape index (κ3) is 5.35. The van der Waals surface area contributed by atoms with Gasteiger partial charge < -0.3 is 14.8 Å². The summed E-state index contributed by atoms with van der Waals surface area (Å²) < 4.78 is 15.4. The number of morpholine rings is 1. The summed E-state index contributed by atoms with van der Waals surface area (Å²) in [6.45, 7) is 4.70. The molecule has 0 aliphatic carbocycles. The van der Waals surface area contributed by atoms with Crippen LogP contribution in [0.4, 0.5) is 5.69 Å². The van der Waals surface area contributed by atoms with Crippen LogP contribution in [0.1, 0.15) is 23.2 Å². The van der Waals surface area contributed by atoms with Crippen molar-refractivity contribution in [1.82, 2.24) is 24.5 Å². The minimum Gasteiger partial charge on any atom is -0.493 e. The van der Waals surface area contributed by atoms with E-state index in [9.17, 15) is 4.79 Å². The van der Waals surface area contributed by atoms with Crippen LogP contribution in [0.5, 0.6) is 5.75 Å². The fourth-order valence-electron chi connectivity index (χ4n) is 3.75. The second kappa shape index (κ2) is 9.97. The minimum absolute atomic E-state index is 0.0541. The summed E-state index contributed by atoms with van der Waals surface area (Å²) in [7, 11) is 3.79. The number of anilines is 1. The number of aromatic nitrogens is 4. The first-order chi connectivity index (χ1) is 15.5. The van der Waals surface area contributed by atoms with Gasteiger partial charge in [0.15, 0.2) is 0 Å². The van der Waals surface area contributed by atoms with E-state index in [2.05, 4.69) is 26.5 Å². The van der Waals surface area contributed by atoms with Crippen LogP contribution in [0.25, 0.3) is 0 Å². The molecule has 3 aromatic rings. The molecule has 32 heavy (non-hydrogen) atoms. The predicted octanol–water partition coefficient (Wildman–Crippen LogP) is 2.10. The van der Waals surface area contributed by atoms with Crippen LogP contribution in [0, 0.1) is 6.92 Å². The molecule has 1 aromatic carbocycles. The number of carbonyl (C=O) groups excluding carboxylic acids is 1. The highest BCUT2D eigenvalue weighted by Crippen LogP contribution is 2.22. The van der Waals surface area contributed by atoms with Gasteiger partial charge in [0.25, 0.3) is 0 Å². The molecule has 0 radical (unpaired) electrons. The SMILES string of the molecule is Cc1c(NC(=O)CN2CCO[C@H](c3cc(CCOc4ccccc4)n(C)n3)C2)cnn1C. The van der Waals surface area contributed by atoms with Crippen LogP contribution in [0.15, 0.2) is 42.6 Å². The number of amides is 1. The highest BCUT2D eigenvalue weighted by atomic mass is 16.5. The smallest absolute Gasteiger partial charge is 0.238 e. The molecule has 1 aliphatic heterocycles. The van der Waals surface area contributed by atoms with Gasteiger partial charge in [0, 0.05) is 39.3 Å². The molecule has 1 amide bonds. The van der Waals surface area contributed by atoms with E-state index in [0.29, 0.717) is 32.8 Å². The molecule has 1 fully saturated rings. The summed E-state index contributed by atoms with van der Waals surface area (Å²) in [4.78, 5) is 14.6. The summed E-state index contributed by atoms with van der Waals surface area (Å²) in [5.41, 5.74) is 3.64. The Morgan fingerprint density at radius 1 is 1.25 bits per heavy atom. The first kappa shape index (κ1) is 22.0. The molecule has 0 unspecified atom stereocenters. The average molecular weight is 439 g/mol. The van der Waals surface area contributed by atoms with Gasteiger partial charge in [-0.15, -0.1) is 0 Å². The van der Waals surface area contributed by atoms with Gasteiger partial charge in [-0.25, -0.2) is 0 Å². The molecule has 4 rings (SSSR count). The third-order valence-electron chi connectivity index (χ3n) is 5.72. The summed E-state index contributed by atoms with van der Waals surface area (Å²) >= 11 is 0. The van der Waals surface area contributed by atoms with Crippen LogP contribution < -0.4 is 10.1 Å². The third-order valence-corrected chi connectivity index (χ3v) is 5.72. The molecule has 1 atom stereocenters. The Morgan fingerprint density at radius 3 is 2.81 bits per heavy atom. The highest BCUT2D eigenvalue weighted by molar-refractivity contribution is 5.92. The van der Waals surface area contributed by atoms with Gasteiger partial charge in [0.1, 0.15) is 11.9 Å². The molecule has 1 aliphatic rings. The zero-order valence-corrected chi connectivity index (χ0v) is 18.8. The summed E-state index contributed by atoms with van der Waals surface area (Å²) in [6.07, 6.45) is 2.26. The van der Waals surface area contributed by atoms with Gasteiger partial charge in [-0.05, 0) is 25.1 Å². The van der Waals surface area contributed by atoms with Crippen molar-refractivity contribution in [3.63, 3.8) is 0 Å². The van der Waals surface area contributed by atoms with Gasteiger partial charge in [0.05, 0.1) is 43.0 Å². The van der Waals surface area contributed by atoms with Gasteiger partial charge in [-0.1, -0.05) is 18.2 Å². The Kier molecular flexibility index (Phi) is 6.87. The predicted molar refractivity (Wildman–Crippen MR) is 121 cm³/mol. The quantitative estimate of drug-likeness (QED) is 0.580. The van der Waals surface area contributed by atoms with Crippen LogP contribution in [0.3, 0.4) is 0 Å². The zero-order chi connectivity index (χ0) is 22.5. The highest BCUT2D eigenvalue weighted by Gasteiger charge is 2.26. The maximum absolute atomic E-state index is 12.5. The van der Waals surface area contributed by atoms with E-state index in [-0.39, 0.29) is 12.0 Å². The number of carbonyl (C=O) groups is 1. The average Bonchev–Trinajstić information content (AvgIpc) is 3.31. The number of benzene rings is 1. The minimum atomic E-state index is -0.160. The van der Waals surface area contributed by atoms with Crippen molar-refractivity contribution in [2.45, 2.75) is 19.4 Å². The van der Waals surface area contributed by atoms with Gasteiger partial charge in [-0.2, -0.15) is 10.2 Å². The summed E-state index contributed by atoms with van der Waals surface area (Å²) in [5, 5.41) is 11.8. The van der Waals surface area contributed by atoms with Gasteiger partial charge >= 0.3 is 0 Å². The van der Waals surface area contributed by atoms with Crippen LogP contribution in [-0.4, -0.2) is 63.2 Å². The van der Waals surface area contributed by atoms with E-state index in [1.807, 2.05) is 56.0 Å². The van der Waals surface area contributed by atoms with Crippen molar-refractivity contribution in [3.8, 4) is 5.75 Å². The number of nitrogens with zero attached hydrogens (tertiary/aromatic N) is 5. The normalized spacial score (nSPS) is 16.8. The van der Waals surface area contributed by atoms with Gasteiger partial charge in [-0.3, -0.25) is 19.1 Å². The van der Waals surface area contributed by atoms with Crippen molar-refractivity contribution in [2.75, 3.05) is 38.2 Å². The Labute approximate surface area is 187 Å². The van der Waals surface area contributed by atoms with Crippen molar-refractivity contribution in [1.29, 1.82) is 0 Å². The summed E-state index contributed by atoms with van der Waals surface area (Å²) in [5.74, 6) is 0.808. The number of hydrogen-bond donors (Lipinski definition) is 1. The van der Waals surface area contributed by atoms with Gasteiger partial charge in [0.2, 0.25) is 5.91 Å². The Hall–Kier alpha value is -3.17. The number of ether oxygens (including phenoxy) is 2. The number of para-hydroxylation sites is 1. The lowest BCUT2D eigenvalue weighted by atomic mass is 10.2. The molecule has 9 heteroatoms. The van der Waals surface area contributed by atoms with E-state index in [1.54, 1.807) is 10.9 Å². The van der Waals surface area contributed by atoms with Crippen LogP contribution >= 0.6 is 0 Å². The van der Waals surface area contributed by atoms with E-state index in [1.165, 1.54) is 0 Å². The second-order valence-corrected chi connectivity index (χ2v) is 8.01. The van der Waals surface area contributed by atoms with Crippen molar-refractivity contribution in [2.24, 2.45) is 14.1 Å². The van der Waals surface area contributed by atoms with Crippen molar-refractivity contribution in [3.05, 3.63) is 59.7 Å². The molecular weight excluding hydrogens is 408 g/mol. The largest absolute Gasteiger partial charge is 0.493 e. The first-order valence-corrected chi connectivity index (χ1v) is 10.8. The zero-order valence-electron chi connectivity index (χ0n) is 18.8. The molecule has 1 N–H and O–H groups in total. The standard InChI is InChI=1S/C23H30N6O3/c1-17-21(14-24-27(17)2)25-23(30)16-29-10-12-32-22(15-29)20-13-18(28(3)26-20)9-11-31-19-7-5-4-6-8-19/h4-8,13-14,22H,9-12,15-16H2,1-3H3,(H,25,30)/t22-/m0/s1. The maximum Gasteiger partial charge on any atom is 0.238 e. The van der Waals surface area contributed by atoms with E-state index in [4.69, 9.17) is 9.47 Å². The maximum atomic E-state index is 12.5. The van der Waals surface area contributed by atoms with E-state index in [0.717, 1.165) is 34.9 Å². The number of aryl methyl sites for hydroxylation is 2. The second-order valence-electron chi connectivity index (χ2n) is 8.01. The van der Waals surface area contributed by atoms with Crippen LogP contribution in [-0.2, 0) is 30.0 Å². The van der Waals surface area contributed by atoms with E-state index >= 15 is 0 Å². The Bertz CT molecular complexity index is 1050. The number of hydrogen-bond acceptors (Lipinski definition) is 6. The molecule has 0 bridgehead atoms. The molecule has 2 aromatic heterocycles.